The van der Waals surface area contributed by atoms with Crippen molar-refractivity contribution in [3.63, 3.8) is 0 Å². The van der Waals surface area contributed by atoms with E-state index in [1.54, 1.807) is 4.90 Å². The molecule has 6 nitrogen and oxygen atoms in total. The van der Waals surface area contributed by atoms with Crippen molar-refractivity contribution in [2.45, 2.75) is 59.2 Å². The molecule has 2 fully saturated rings. The summed E-state index contributed by atoms with van der Waals surface area (Å²) in [6.45, 7) is 8.86. The van der Waals surface area contributed by atoms with Gasteiger partial charge >= 0.3 is 0 Å². The summed E-state index contributed by atoms with van der Waals surface area (Å²) in [5, 5.41) is 9.67. The highest BCUT2D eigenvalue weighted by molar-refractivity contribution is 5.88. The van der Waals surface area contributed by atoms with Crippen LogP contribution in [0.4, 0.5) is 0 Å². The predicted molar refractivity (Wildman–Crippen MR) is 80.0 cm³/mol. The largest absolute Gasteiger partial charge is 0.471 e. The SMILES string of the molecule is CC(C)C1C(=O)N2C(C3OC3O)=C(C(C)(C)CCCN)OC12. The fourth-order valence-electron chi connectivity index (χ4n) is 3.51. The van der Waals surface area contributed by atoms with Gasteiger partial charge < -0.3 is 20.3 Å². The number of hydrogen-bond acceptors (Lipinski definition) is 5. The predicted octanol–water partition coefficient (Wildman–Crippen LogP) is 1.15. The number of allylic oxidation sites excluding steroid dienone is 1. The Hall–Kier alpha value is -1.11. The Kier molecular flexibility index (Phi) is 3.74. The highest BCUT2D eigenvalue weighted by atomic mass is 16.7. The second-order valence-electron chi connectivity index (χ2n) is 7.42. The number of nitrogens with two attached hydrogens (primary N) is 1. The number of nitrogens with zero attached hydrogens (tertiary/aromatic N) is 1. The third-order valence-electron chi connectivity index (χ3n) is 4.89. The third-order valence-corrected chi connectivity index (χ3v) is 4.89. The summed E-state index contributed by atoms with van der Waals surface area (Å²) in [5.41, 5.74) is 6.11. The van der Waals surface area contributed by atoms with Gasteiger partial charge in [0.05, 0.1) is 11.6 Å². The molecule has 2 saturated heterocycles. The molecule has 3 rings (SSSR count). The minimum Gasteiger partial charge on any atom is -0.471 e. The Morgan fingerprint density at radius 1 is 1.41 bits per heavy atom. The summed E-state index contributed by atoms with van der Waals surface area (Å²) in [5.74, 6) is 0.964. The first-order valence-electron chi connectivity index (χ1n) is 8.07. The maximum atomic E-state index is 12.5. The van der Waals surface area contributed by atoms with Crippen LogP contribution in [0.15, 0.2) is 11.5 Å². The van der Waals surface area contributed by atoms with Crippen LogP contribution in [0, 0.1) is 17.3 Å². The van der Waals surface area contributed by atoms with Crippen LogP contribution >= 0.6 is 0 Å². The van der Waals surface area contributed by atoms with Gasteiger partial charge in [0.25, 0.3) is 0 Å². The van der Waals surface area contributed by atoms with E-state index >= 15 is 0 Å². The van der Waals surface area contributed by atoms with Gasteiger partial charge in [-0.15, -0.1) is 0 Å². The Bertz CT molecular complexity index is 514. The molecule has 0 aromatic rings. The molecular weight excluding hydrogens is 284 g/mol. The summed E-state index contributed by atoms with van der Waals surface area (Å²) < 4.78 is 11.4. The Balaban J connectivity index is 1.90. The van der Waals surface area contributed by atoms with Crippen molar-refractivity contribution in [1.82, 2.24) is 4.90 Å². The second kappa shape index (κ2) is 5.22. The maximum Gasteiger partial charge on any atom is 0.239 e. The second-order valence-corrected chi connectivity index (χ2v) is 7.42. The zero-order valence-corrected chi connectivity index (χ0v) is 13.7. The molecule has 0 aromatic carbocycles. The van der Waals surface area contributed by atoms with Crippen LogP contribution in [0.2, 0.25) is 0 Å². The van der Waals surface area contributed by atoms with Gasteiger partial charge in [-0.1, -0.05) is 27.7 Å². The van der Waals surface area contributed by atoms with Gasteiger partial charge in [-0.3, -0.25) is 9.69 Å². The lowest BCUT2D eigenvalue weighted by Gasteiger charge is -2.43. The van der Waals surface area contributed by atoms with Gasteiger partial charge in [0.2, 0.25) is 5.91 Å². The minimum absolute atomic E-state index is 0.0716. The number of epoxide rings is 1. The van der Waals surface area contributed by atoms with Gasteiger partial charge in [-0.2, -0.15) is 0 Å². The topological polar surface area (TPSA) is 88.3 Å². The first kappa shape index (κ1) is 15.8. The fourth-order valence-corrected chi connectivity index (χ4v) is 3.51. The van der Waals surface area contributed by atoms with E-state index in [0.717, 1.165) is 24.3 Å². The number of carbonyl (C=O) groups is 1. The van der Waals surface area contributed by atoms with E-state index in [-0.39, 0.29) is 29.4 Å². The summed E-state index contributed by atoms with van der Waals surface area (Å²) in [7, 11) is 0. The molecule has 124 valence electrons. The molecule has 0 spiro atoms. The molecule has 1 amide bonds. The van der Waals surface area contributed by atoms with Crippen LogP contribution in [0.3, 0.4) is 0 Å². The van der Waals surface area contributed by atoms with E-state index in [9.17, 15) is 9.90 Å². The first-order chi connectivity index (χ1) is 10.3. The number of β-lactam (4-membered cyclic amide) rings is 1. The number of ether oxygens (including phenoxy) is 2. The average Bonchev–Trinajstić information content (AvgIpc) is 3.04. The summed E-state index contributed by atoms with van der Waals surface area (Å²) in [6.07, 6.45) is 0.239. The molecule has 0 aliphatic carbocycles. The molecule has 0 saturated carbocycles. The van der Waals surface area contributed by atoms with Gasteiger partial charge in [0.15, 0.2) is 18.6 Å². The van der Waals surface area contributed by atoms with Crippen molar-refractivity contribution >= 4 is 5.91 Å². The Labute approximate surface area is 131 Å². The van der Waals surface area contributed by atoms with E-state index in [0.29, 0.717) is 6.54 Å². The average molecular weight is 310 g/mol. The number of fused-ring (bicyclic) bond motifs is 1. The summed E-state index contributed by atoms with van der Waals surface area (Å²) in [6, 6.07) is 0. The Morgan fingerprint density at radius 3 is 2.55 bits per heavy atom. The lowest BCUT2D eigenvalue weighted by Crippen LogP contribution is -2.60. The quantitative estimate of drug-likeness (QED) is 0.567. The van der Waals surface area contributed by atoms with Crippen LogP contribution in [-0.2, 0) is 14.3 Å². The van der Waals surface area contributed by atoms with Crippen LogP contribution in [0.5, 0.6) is 0 Å². The molecule has 22 heavy (non-hydrogen) atoms. The van der Waals surface area contributed by atoms with E-state index in [1.165, 1.54) is 0 Å². The van der Waals surface area contributed by atoms with Gasteiger partial charge in [-0.05, 0) is 25.3 Å². The molecule has 3 N–H and O–H groups in total. The van der Waals surface area contributed by atoms with Crippen molar-refractivity contribution in [2.75, 3.05) is 6.54 Å². The Morgan fingerprint density at radius 2 is 2.05 bits per heavy atom. The van der Waals surface area contributed by atoms with Crippen molar-refractivity contribution < 1.29 is 19.4 Å². The number of amides is 1. The number of aliphatic hydroxyl groups excluding tert-OH is 1. The van der Waals surface area contributed by atoms with E-state index in [4.69, 9.17) is 15.2 Å². The molecule has 4 atom stereocenters. The third kappa shape index (κ3) is 2.25. The highest BCUT2D eigenvalue weighted by Gasteiger charge is 2.62. The summed E-state index contributed by atoms with van der Waals surface area (Å²) >= 11 is 0. The normalized spacial score (nSPS) is 34.0. The van der Waals surface area contributed by atoms with Gasteiger partial charge in [-0.25, -0.2) is 0 Å². The fraction of sp³-hybridized carbons (Fsp3) is 0.812. The number of aliphatic hydroxyl groups is 1. The monoisotopic (exact) mass is 310 g/mol. The van der Waals surface area contributed by atoms with Crippen LogP contribution in [-0.4, -0.2) is 41.1 Å². The van der Waals surface area contributed by atoms with Crippen molar-refractivity contribution in [3.05, 3.63) is 11.5 Å². The van der Waals surface area contributed by atoms with E-state index in [2.05, 4.69) is 13.8 Å². The molecule has 3 heterocycles. The number of carbonyl (C=O) groups excluding carboxylic acids is 1. The van der Waals surface area contributed by atoms with Crippen LogP contribution < -0.4 is 5.73 Å². The van der Waals surface area contributed by atoms with Crippen LogP contribution in [0.1, 0.15) is 40.5 Å². The molecule has 0 aromatic heterocycles. The van der Waals surface area contributed by atoms with E-state index < -0.39 is 12.4 Å². The molecule has 6 heteroatoms. The molecule has 0 radical (unpaired) electrons. The van der Waals surface area contributed by atoms with Crippen molar-refractivity contribution in [3.8, 4) is 0 Å². The zero-order chi connectivity index (χ0) is 16.2. The van der Waals surface area contributed by atoms with Gasteiger partial charge in [0, 0.05) is 5.41 Å². The lowest BCUT2D eigenvalue weighted by molar-refractivity contribution is -0.176. The first-order valence-corrected chi connectivity index (χ1v) is 8.07. The maximum absolute atomic E-state index is 12.5. The molecule has 3 aliphatic rings. The van der Waals surface area contributed by atoms with Crippen molar-refractivity contribution in [2.24, 2.45) is 23.0 Å². The van der Waals surface area contributed by atoms with E-state index in [1.807, 2.05) is 13.8 Å². The molecular formula is C16H26N2O4. The zero-order valence-electron chi connectivity index (χ0n) is 13.7. The van der Waals surface area contributed by atoms with Crippen molar-refractivity contribution in [1.29, 1.82) is 0 Å². The highest BCUT2D eigenvalue weighted by Crippen LogP contribution is 2.52. The summed E-state index contributed by atoms with van der Waals surface area (Å²) in [4.78, 5) is 14.2. The standard InChI is InChI=1S/C16H26N2O4/c1-8(2)9-13(19)18-10(11-15(20)21-11)12(22-14(9)18)16(3,4)6-5-7-17/h8-9,11,14-15,20H,5-7,17H2,1-4H3. The smallest absolute Gasteiger partial charge is 0.239 e. The lowest BCUT2D eigenvalue weighted by atomic mass is 9.83. The molecule has 0 bridgehead atoms. The molecule has 3 aliphatic heterocycles. The van der Waals surface area contributed by atoms with Crippen LogP contribution in [0.25, 0.3) is 0 Å². The number of rotatable bonds is 6. The number of hydrogen-bond donors (Lipinski definition) is 2. The molecule has 4 unspecified atom stereocenters. The van der Waals surface area contributed by atoms with Gasteiger partial charge in [0.1, 0.15) is 5.76 Å². The minimum atomic E-state index is -0.830.